The molecule has 3 rings (SSSR count). The third kappa shape index (κ3) is 3.56. The van der Waals surface area contributed by atoms with Gasteiger partial charge in [0.2, 0.25) is 0 Å². The van der Waals surface area contributed by atoms with Gasteiger partial charge in [-0.1, -0.05) is 19.3 Å². The zero-order valence-corrected chi connectivity index (χ0v) is 13.8. The molecule has 0 bridgehead atoms. The Bertz CT molecular complexity index is 632. The van der Waals surface area contributed by atoms with Gasteiger partial charge in [0.25, 0.3) is 5.91 Å². The molecule has 0 atom stereocenters. The Hall–Kier alpha value is -1.87. The van der Waals surface area contributed by atoms with Crippen molar-refractivity contribution in [2.45, 2.75) is 56.9 Å². The van der Waals surface area contributed by atoms with Crippen molar-refractivity contribution in [3.63, 3.8) is 0 Å². The average Bonchev–Trinajstić information content (AvgIpc) is 3.15. The quantitative estimate of drug-likeness (QED) is 0.860. The van der Waals surface area contributed by atoms with Crippen LogP contribution in [0.3, 0.4) is 0 Å². The number of ether oxygens (including phenoxy) is 1. The SMILES string of the molecule is N#CC1(NC(=O)COC(=O)c2cc3c(s2)CCC3)CCCCC1. The molecule has 0 aliphatic heterocycles. The second kappa shape index (κ2) is 6.71. The van der Waals surface area contributed by atoms with E-state index in [1.165, 1.54) is 21.8 Å². The van der Waals surface area contributed by atoms with Gasteiger partial charge in [-0.3, -0.25) is 4.79 Å². The van der Waals surface area contributed by atoms with E-state index < -0.39 is 17.4 Å². The maximum Gasteiger partial charge on any atom is 0.348 e. The lowest BCUT2D eigenvalue weighted by atomic mass is 9.83. The molecule has 0 aromatic carbocycles. The number of nitrogens with zero attached hydrogens (tertiary/aromatic N) is 1. The summed E-state index contributed by atoms with van der Waals surface area (Å²) in [5.74, 6) is -0.847. The lowest BCUT2D eigenvalue weighted by Gasteiger charge is -2.31. The molecule has 1 saturated carbocycles. The molecule has 1 heterocycles. The zero-order valence-electron chi connectivity index (χ0n) is 13.0. The fourth-order valence-corrected chi connectivity index (χ4v) is 4.50. The number of amides is 1. The van der Waals surface area contributed by atoms with E-state index in [1.807, 2.05) is 6.07 Å². The van der Waals surface area contributed by atoms with E-state index in [0.717, 1.165) is 38.5 Å². The number of carbonyl (C=O) groups excluding carboxylic acids is 2. The molecule has 0 spiro atoms. The van der Waals surface area contributed by atoms with Gasteiger partial charge >= 0.3 is 5.97 Å². The minimum Gasteiger partial charge on any atom is -0.451 e. The van der Waals surface area contributed by atoms with Crippen LogP contribution in [0.1, 0.15) is 58.6 Å². The number of aryl methyl sites for hydroxylation is 2. The molecule has 1 N–H and O–H groups in total. The van der Waals surface area contributed by atoms with E-state index in [9.17, 15) is 14.9 Å². The highest BCUT2D eigenvalue weighted by Gasteiger charge is 2.33. The topological polar surface area (TPSA) is 79.2 Å². The molecular formula is C17H20N2O3S. The summed E-state index contributed by atoms with van der Waals surface area (Å²) >= 11 is 1.46. The summed E-state index contributed by atoms with van der Waals surface area (Å²) < 4.78 is 5.11. The molecule has 2 aliphatic rings. The number of rotatable bonds is 4. The first-order valence-electron chi connectivity index (χ1n) is 8.13. The summed E-state index contributed by atoms with van der Waals surface area (Å²) in [5.41, 5.74) is 0.448. The average molecular weight is 332 g/mol. The predicted octanol–water partition coefficient (Wildman–Crippen LogP) is 2.74. The highest BCUT2D eigenvalue weighted by molar-refractivity contribution is 7.14. The van der Waals surface area contributed by atoms with Gasteiger partial charge in [0, 0.05) is 4.88 Å². The number of fused-ring (bicyclic) bond motifs is 1. The van der Waals surface area contributed by atoms with E-state index in [2.05, 4.69) is 11.4 Å². The van der Waals surface area contributed by atoms with Crippen LogP contribution in [0.25, 0.3) is 0 Å². The monoisotopic (exact) mass is 332 g/mol. The Kier molecular flexibility index (Phi) is 4.67. The third-order valence-corrected chi connectivity index (χ3v) is 5.80. The fraction of sp³-hybridized carbons (Fsp3) is 0.588. The van der Waals surface area contributed by atoms with Crippen LogP contribution in [0.4, 0.5) is 0 Å². The molecule has 1 aromatic heterocycles. The first-order valence-corrected chi connectivity index (χ1v) is 8.94. The molecule has 1 aromatic rings. The van der Waals surface area contributed by atoms with Crippen LogP contribution in [-0.4, -0.2) is 24.0 Å². The van der Waals surface area contributed by atoms with Crippen molar-refractivity contribution >= 4 is 23.2 Å². The van der Waals surface area contributed by atoms with Crippen LogP contribution in [0.15, 0.2) is 6.07 Å². The number of nitrogens with one attached hydrogen (secondary N) is 1. The normalized spacial score (nSPS) is 18.7. The van der Waals surface area contributed by atoms with Gasteiger partial charge in [0.05, 0.1) is 6.07 Å². The van der Waals surface area contributed by atoms with Gasteiger partial charge in [0.15, 0.2) is 6.61 Å². The van der Waals surface area contributed by atoms with Crippen molar-refractivity contribution in [1.29, 1.82) is 5.26 Å². The standard InChI is InChI=1S/C17H20N2O3S/c18-11-17(7-2-1-3-8-17)19-15(20)10-22-16(21)14-9-12-5-4-6-13(12)23-14/h9H,1-8,10H2,(H,19,20). The maximum absolute atomic E-state index is 12.0. The van der Waals surface area contributed by atoms with E-state index in [4.69, 9.17) is 4.74 Å². The third-order valence-electron chi connectivity index (χ3n) is 4.58. The van der Waals surface area contributed by atoms with Crippen molar-refractivity contribution < 1.29 is 14.3 Å². The molecule has 1 fully saturated rings. The number of hydrogen-bond acceptors (Lipinski definition) is 5. The Morgan fingerprint density at radius 1 is 1.26 bits per heavy atom. The lowest BCUT2D eigenvalue weighted by molar-refractivity contribution is -0.125. The largest absolute Gasteiger partial charge is 0.451 e. The summed E-state index contributed by atoms with van der Waals surface area (Å²) in [4.78, 5) is 25.9. The number of carbonyl (C=O) groups is 2. The molecule has 2 aliphatic carbocycles. The van der Waals surface area contributed by atoms with Crippen molar-refractivity contribution in [3.8, 4) is 6.07 Å². The van der Waals surface area contributed by atoms with Crippen LogP contribution < -0.4 is 5.32 Å². The Balaban J connectivity index is 1.52. The van der Waals surface area contributed by atoms with Gasteiger partial charge in [-0.15, -0.1) is 11.3 Å². The summed E-state index contributed by atoms with van der Waals surface area (Å²) in [6.45, 7) is -0.329. The molecule has 0 saturated heterocycles. The van der Waals surface area contributed by atoms with E-state index in [1.54, 1.807) is 0 Å². The first kappa shape index (κ1) is 16.0. The van der Waals surface area contributed by atoms with Gasteiger partial charge < -0.3 is 10.1 Å². The van der Waals surface area contributed by atoms with Gasteiger partial charge in [0.1, 0.15) is 10.4 Å². The molecule has 23 heavy (non-hydrogen) atoms. The molecule has 0 unspecified atom stereocenters. The van der Waals surface area contributed by atoms with E-state index in [-0.39, 0.29) is 6.61 Å². The number of thiophene rings is 1. The summed E-state index contributed by atoms with van der Waals surface area (Å²) in [6, 6.07) is 4.10. The Morgan fingerprint density at radius 3 is 2.74 bits per heavy atom. The molecule has 1 amide bonds. The van der Waals surface area contributed by atoms with Crippen LogP contribution in [-0.2, 0) is 22.4 Å². The molecule has 5 nitrogen and oxygen atoms in total. The number of hydrogen-bond donors (Lipinski definition) is 1. The minimum absolute atomic E-state index is 0.329. The first-order chi connectivity index (χ1) is 11.1. The van der Waals surface area contributed by atoms with Crippen molar-refractivity contribution in [2.75, 3.05) is 6.61 Å². The summed E-state index contributed by atoms with van der Waals surface area (Å²) in [7, 11) is 0. The summed E-state index contributed by atoms with van der Waals surface area (Å²) in [6.07, 6.45) is 7.50. The Labute approximate surface area is 139 Å². The van der Waals surface area contributed by atoms with Crippen molar-refractivity contribution in [2.24, 2.45) is 0 Å². The van der Waals surface area contributed by atoms with Crippen molar-refractivity contribution in [3.05, 3.63) is 21.4 Å². The van der Waals surface area contributed by atoms with Gasteiger partial charge in [-0.2, -0.15) is 5.26 Å². The second-order valence-corrected chi connectivity index (χ2v) is 7.43. The minimum atomic E-state index is -0.786. The highest BCUT2D eigenvalue weighted by atomic mass is 32.1. The second-order valence-electron chi connectivity index (χ2n) is 6.29. The maximum atomic E-state index is 12.0. The smallest absolute Gasteiger partial charge is 0.348 e. The van der Waals surface area contributed by atoms with E-state index in [0.29, 0.717) is 17.7 Å². The van der Waals surface area contributed by atoms with Gasteiger partial charge in [-0.05, 0) is 43.7 Å². The lowest BCUT2D eigenvalue weighted by Crippen LogP contribution is -2.50. The summed E-state index contributed by atoms with van der Waals surface area (Å²) in [5, 5.41) is 12.1. The Morgan fingerprint density at radius 2 is 2.04 bits per heavy atom. The van der Waals surface area contributed by atoms with Crippen LogP contribution >= 0.6 is 11.3 Å². The van der Waals surface area contributed by atoms with Crippen LogP contribution in [0, 0.1) is 11.3 Å². The van der Waals surface area contributed by atoms with Gasteiger partial charge in [-0.25, -0.2) is 4.79 Å². The molecular weight excluding hydrogens is 312 g/mol. The molecule has 0 radical (unpaired) electrons. The highest BCUT2D eigenvalue weighted by Crippen LogP contribution is 2.31. The predicted molar refractivity (Wildman–Crippen MR) is 86.2 cm³/mol. The van der Waals surface area contributed by atoms with Crippen LogP contribution in [0.5, 0.6) is 0 Å². The molecule has 122 valence electrons. The number of esters is 1. The fourth-order valence-electron chi connectivity index (χ4n) is 3.35. The van der Waals surface area contributed by atoms with Crippen LogP contribution in [0.2, 0.25) is 0 Å². The van der Waals surface area contributed by atoms with E-state index >= 15 is 0 Å². The van der Waals surface area contributed by atoms with Crippen molar-refractivity contribution in [1.82, 2.24) is 5.32 Å². The zero-order chi connectivity index (χ0) is 16.3. The number of nitriles is 1. The molecule has 6 heteroatoms.